The van der Waals surface area contributed by atoms with Crippen LogP contribution in [0.1, 0.15) is 164 Å². The highest BCUT2D eigenvalue weighted by Gasteiger charge is 2.12. The van der Waals surface area contributed by atoms with E-state index in [0.29, 0.717) is 5.91 Å². The number of nitrogens with zero attached hydrogens (tertiary/aromatic N) is 1. The minimum absolute atomic E-state index is 0.427. The van der Waals surface area contributed by atoms with Crippen LogP contribution in [0.2, 0.25) is 0 Å². The Bertz CT molecular complexity index is 395. The van der Waals surface area contributed by atoms with Gasteiger partial charge in [0.05, 0.1) is 0 Å². The van der Waals surface area contributed by atoms with Crippen LogP contribution in [0.4, 0.5) is 0 Å². The smallest absolute Gasteiger partial charge is 0.222 e. The molecule has 0 aromatic rings. The summed E-state index contributed by atoms with van der Waals surface area (Å²) in [5.74, 6) is 2.91. The Morgan fingerprint density at radius 2 is 0.758 bits per heavy atom. The number of rotatable bonds is 24. The van der Waals surface area contributed by atoms with Crippen LogP contribution in [0.5, 0.6) is 0 Å². The molecule has 0 bridgehead atoms. The average Bonchev–Trinajstić information content (AvgIpc) is 2.74. The maximum atomic E-state index is 12.9. The van der Waals surface area contributed by atoms with Crippen molar-refractivity contribution in [3.8, 4) is 0 Å². The van der Waals surface area contributed by atoms with Crippen molar-refractivity contribution in [3.05, 3.63) is 0 Å². The summed E-state index contributed by atoms with van der Waals surface area (Å²) in [5, 5.41) is 0. The molecule has 0 heterocycles. The second kappa shape index (κ2) is 23.2. The summed E-state index contributed by atoms with van der Waals surface area (Å²) >= 11 is 0. The van der Waals surface area contributed by atoms with Crippen LogP contribution in [0.3, 0.4) is 0 Å². The van der Waals surface area contributed by atoms with Crippen molar-refractivity contribution in [2.75, 3.05) is 13.1 Å². The molecule has 0 aliphatic carbocycles. The predicted molar refractivity (Wildman–Crippen MR) is 149 cm³/mol. The summed E-state index contributed by atoms with van der Waals surface area (Å²) in [7, 11) is 0. The molecule has 0 atom stereocenters. The van der Waals surface area contributed by atoms with Gasteiger partial charge in [-0.05, 0) is 37.0 Å². The van der Waals surface area contributed by atoms with Gasteiger partial charge in [0, 0.05) is 19.5 Å². The molecule has 0 unspecified atom stereocenters. The van der Waals surface area contributed by atoms with Crippen LogP contribution in [0, 0.1) is 17.8 Å². The van der Waals surface area contributed by atoms with Crippen molar-refractivity contribution in [2.45, 2.75) is 164 Å². The van der Waals surface area contributed by atoms with Crippen molar-refractivity contribution >= 4 is 5.91 Å². The third kappa shape index (κ3) is 24.4. The summed E-state index contributed by atoms with van der Waals surface area (Å²) in [6.45, 7) is 15.9. The molecule has 33 heavy (non-hydrogen) atoms. The van der Waals surface area contributed by atoms with E-state index in [2.05, 4.69) is 46.4 Å². The van der Waals surface area contributed by atoms with Crippen molar-refractivity contribution in [1.82, 2.24) is 4.90 Å². The molecule has 2 heteroatoms. The molecular weight excluding hydrogens is 402 g/mol. The van der Waals surface area contributed by atoms with Gasteiger partial charge in [-0.2, -0.15) is 0 Å². The molecule has 0 aliphatic rings. The molecule has 0 aromatic carbocycles. The van der Waals surface area contributed by atoms with Crippen LogP contribution >= 0.6 is 0 Å². The number of amides is 1. The molecular formula is C31H63NO. The summed E-state index contributed by atoms with van der Waals surface area (Å²) in [5.41, 5.74) is 0. The molecule has 0 rings (SSSR count). The minimum Gasteiger partial charge on any atom is -0.343 e. The van der Waals surface area contributed by atoms with Gasteiger partial charge < -0.3 is 4.90 Å². The number of carbonyl (C=O) groups excluding carboxylic acids is 1. The van der Waals surface area contributed by atoms with E-state index in [1.807, 2.05) is 0 Å². The molecule has 0 radical (unpaired) electrons. The van der Waals surface area contributed by atoms with Crippen LogP contribution in [-0.4, -0.2) is 23.9 Å². The number of hydrogen-bond acceptors (Lipinski definition) is 1. The van der Waals surface area contributed by atoms with E-state index in [9.17, 15) is 4.79 Å². The fourth-order valence-corrected chi connectivity index (χ4v) is 4.65. The minimum atomic E-state index is 0.427. The normalized spacial score (nSPS) is 11.8. The molecule has 198 valence electrons. The third-order valence-electron chi connectivity index (χ3n) is 6.94. The predicted octanol–water partition coefficient (Wildman–Crippen LogP) is 10.2. The van der Waals surface area contributed by atoms with Gasteiger partial charge in [0.25, 0.3) is 0 Å². The van der Waals surface area contributed by atoms with Crippen molar-refractivity contribution in [1.29, 1.82) is 0 Å². The molecule has 0 spiro atoms. The molecule has 0 saturated heterocycles. The second-order valence-corrected chi connectivity index (χ2v) is 12.0. The Balaban J connectivity index is 4.06. The van der Waals surface area contributed by atoms with E-state index in [-0.39, 0.29) is 0 Å². The Morgan fingerprint density at radius 3 is 1.12 bits per heavy atom. The highest BCUT2D eigenvalue weighted by molar-refractivity contribution is 5.76. The van der Waals surface area contributed by atoms with Crippen LogP contribution in [0.25, 0.3) is 0 Å². The summed E-state index contributed by atoms with van der Waals surface area (Å²) < 4.78 is 0. The van der Waals surface area contributed by atoms with E-state index in [0.717, 1.165) is 43.7 Å². The molecule has 0 saturated carbocycles. The lowest BCUT2D eigenvalue weighted by Crippen LogP contribution is -2.32. The zero-order chi connectivity index (χ0) is 24.7. The zero-order valence-corrected chi connectivity index (χ0v) is 23.9. The van der Waals surface area contributed by atoms with Crippen LogP contribution < -0.4 is 0 Å². The fraction of sp³-hybridized carbons (Fsp3) is 0.968. The summed E-state index contributed by atoms with van der Waals surface area (Å²) in [6.07, 6.45) is 24.2. The number of carbonyl (C=O) groups is 1. The quantitative estimate of drug-likeness (QED) is 0.130. The van der Waals surface area contributed by atoms with E-state index in [1.165, 1.54) is 109 Å². The van der Waals surface area contributed by atoms with E-state index < -0.39 is 0 Å². The Morgan fingerprint density at radius 1 is 0.455 bits per heavy atom. The van der Waals surface area contributed by atoms with Crippen molar-refractivity contribution in [2.24, 2.45) is 17.8 Å². The largest absolute Gasteiger partial charge is 0.343 e. The van der Waals surface area contributed by atoms with Crippen LogP contribution in [0.15, 0.2) is 0 Å². The van der Waals surface area contributed by atoms with Gasteiger partial charge in [-0.15, -0.1) is 0 Å². The molecule has 0 fully saturated rings. The molecule has 0 aliphatic heterocycles. The standard InChI is InChI=1S/C31H63NO/c1-28(2)22-16-10-8-7-9-11-19-25-31(33)32(26-20-14-12-17-23-29(3)4)27-21-15-13-18-24-30(5)6/h28-30H,7-27H2,1-6H3. The Hall–Kier alpha value is -0.530. The van der Waals surface area contributed by atoms with Gasteiger partial charge in [0.15, 0.2) is 0 Å². The molecule has 1 amide bonds. The molecule has 0 N–H and O–H groups in total. The third-order valence-corrected chi connectivity index (χ3v) is 6.94. The number of hydrogen-bond donors (Lipinski definition) is 0. The van der Waals surface area contributed by atoms with Gasteiger partial charge in [0.1, 0.15) is 0 Å². The second-order valence-electron chi connectivity index (χ2n) is 12.0. The first-order valence-corrected chi connectivity index (χ1v) is 15.1. The maximum absolute atomic E-state index is 12.9. The van der Waals surface area contributed by atoms with E-state index in [4.69, 9.17) is 0 Å². The Kier molecular flexibility index (Phi) is 22.9. The first-order chi connectivity index (χ1) is 15.8. The van der Waals surface area contributed by atoms with E-state index >= 15 is 0 Å². The average molecular weight is 466 g/mol. The maximum Gasteiger partial charge on any atom is 0.222 e. The molecule has 0 aromatic heterocycles. The summed E-state index contributed by atoms with van der Waals surface area (Å²) in [6, 6.07) is 0. The highest BCUT2D eigenvalue weighted by Crippen LogP contribution is 2.15. The van der Waals surface area contributed by atoms with E-state index in [1.54, 1.807) is 0 Å². The lowest BCUT2D eigenvalue weighted by Gasteiger charge is -2.23. The SMILES string of the molecule is CC(C)CCCCCCCCCC(=O)N(CCCCCCC(C)C)CCCCCCC(C)C. The zero-order valence-electron chi connectivity index (χ0n) is 23.9. The topological polar surface area (TPSA) is 20.3 Å². The monoisotopic (exact) mass is 465 g/mol. The van der Waals surface area contributed by atoms with Gasteiger partial charge in [-0.1, -0.05) is 138 Å². The summed E-state index contributed by atoms with van der Waals surface area (Å²) in [4.78, 5) is 15.1. The van der Waals surface area contributed by atoms with Gasteiger partial charge in [-0.3, -0.25) is 4.79 Å². The van der Waals surface area contributed by atoms with Crippen molar-refractivity contribution in [3.63, 3.8) is 0 Å². The van der Waals surface area contributed by atoms with Crippen LogP contribution in [-0.2, 0) is 4.79 Å². The molecule has 2 nitrogen and oxygen atoms in total. The van der Waals surface area contributed by atoms with Crippen molar-refractivity contribution < 1.29 is 4.79 Å². The Labute approximate surface area is 210 Å². The lowest BCUT2D eigenvalue weighted by atomic mass is 10.0. The first kappa shape index (κ1) is 32.5. The highest BCUT2D eigenvalue weighted by atomic mass is 16.2. The first-order valence-electron chi connectivity index (χ1n) is 15.1. The van der Waals surface area contributed by atoms with Gasteiger partial charge >= 0.3 is 0 Å². The fourth-order valence-electron chi connectivity index (χ4n) is 4.65. The number of unbranched alkanes of at least 4 members (excludes halogenated alkanes) is 12. The van der Waals surface area contributed by atoms with Gasteiger partial charge in [-0.25, -0.2) is 0 Å². The van der Waals surface area contributed by atoms with Gasteiger partial charge in [0.2, 0.25) is 5.91 Å². The lowest BCUT2D eigenvalue weighted by molar-refractivity contribution is -0.131.